The van der Waals surface area contributed by atoms with Gasteiger partial charge in [-0.25, -0.2) is 9.59 Å². The lowest BCUT2D eigenvalue weighted by molar-refractivity contribution is -0.148. The zero-order valence-corrected chi connectivity index (χ0v) is 10.7. The summed E-state index contributed by atoms with van der Waals surface area (Å²) in [6, 6.07) is 5.50. The number of nitrogens with one attached hydrogen (secondary N) is 1. The number of imide groups is 1. The Labute approximate surface area is 117 Å². The first kappa shape index (κ1) is 14.3. The van der Waals surface area contributed by atoms with Gasteiger partial charge in [0.15, 0.2) is 12.2 Å². The predicted octanol–water partition coefficient (Wildman–Crippen LogP) is -0.667. The number of rotatable bonds is 4. The lowest BCUT2D eigenvalue weighted by Gasteiger charge is -2.04. The minimum absolute atomic E-state index is 0.335. The highest BCUT2D eigenvalue weighted by Crippen LogP contribution is 2.11. The zero-order valence-electron chi connectivity index (χ0n) is 10.7. The summed E-state index contributed by atoms with van der Waals surface area (Å²) in [7, 11) is 0. The van der Waals surface area contributed by atoms with E-state index in [2.05, 4.69) is 4.74 Å². The summed E-state index contributed by atoms with van der Waals surface area (Å²) < 4.78 is 10.6. The Hall–Kier alpha value is -3.10. The minimum atomic E-state index is -1.05. The molecule has 0 unspecified atom stereocenters. The first-order valence-electron chi connectivity index (χ1n) is 5.80. The molecule has 0 fully saturated rings. The van der Waals surface area contributed by atoms with E-state index in [1.165, 1.54) is 0 Å². The van der Waals surface area contributed by atoms with Gasteiger partial charge in [-0.05, 0) is 12.1 Å². The standard InChI is InChI=1S/C12H11N3O6/c13-11(18)14-9(16)6-20-10(17)5-15-7-3-1-2-4-8(7)21-12(15)19/h1-4H,5-6H2,(H3,13,14,16,18). The third-order valence-electron chi connectivity index (χ3n) is 2.49. The maximum atomic E-state index is 11.6. The highest BCUT2D eigenvalue weighted by Gasteiger charge is 2.14. The molecule has 0 bridgehead atoms. The monoisotopic (exact) mass is 293 g/mol. The normalized spacial score (nSPS) is 10.3. The number of primary amides is 1. The van der Waals surface area contributed by atoms with E-state index in [0.29, 0.717) is 11.1 Å². The van der Waals surface area contributed by atoms with Gasteiger partial charge in [0.1, 0.15) is 6.54 Å². The number of oxazole rings is 1. The quantitative estimate of drug-likeness (QED) is 0.718. The molecule has 2 aromatic rings. The summed E-state index contributed by atoms with van der Waals surface area (Å²) in [6.07, 6.45) is 0. The first-order valence-corrected chi connectivity index (χ1v) is 5.80. The summed E-state index contributed by atoms with van der Waals surface area (Å²) in [5, 5.41) is 1.73. The van der Waals surface area contributed by atoms with Crippen LogP contribution in [0.1, 0.15) is 0 Å². The van der Waals surface area contributed by atoms with E-state index in [9.17, 15) is 19.2 Å². The van der Waals surface area contributed by atoms with Gasteiger partial charge in [-0.2, -0.15) is 0 Å². The number of benzene rings is 1. The number of carbonyl (C=O) groups is 3. The number of urea groups is 1. The molecule has 0 spiro atoms. The average Bonchev–Trinajstić information content (AvgIpc) is 2.72. The first-order chi connectivity index (χ1) is 9.97. The minimum Gasteiger partial charge on any atom is -0.454 e. The van der Waals surface area contributed by atoms with Crippen molar-refractivity contribution in [2.24, 2.45) is 5.73 Å². The molecule has 0 saturated carbocycles. The molecule has 9 nitrogen and oxygen atoms in total. The van der Waals surface area contributed by atoms with E-state index in [1.807, 2.05) is 0 Å². The second-order valence-electron chi connectivity index (χ2n) is 3.99. The van der Waals surface area contributed by atoms with E-state index in [0.717, 1.165) is 4.57 Å². The molecule has 110 valence electrons. The molecule has 2 rings (SSSR count). The molecular formula is C12H11N3O6. The number of ether oxygens (including phenoxy) is 1. The molecule has 1 aromatic heterocycles. The van der Waals surface area contributed by atoms with E-state index < -0.39 is 36.8 Å². The lowest BCUT2D eigenvalue weighted by atomic mass is 10.3. The fourth-order valence-electron chi connectivity index (χ4n) is 1.66. The molecule has 0 aliphatic rings. The molecule has 0 saturated heterocycles. The van der Waals surface area contributed by atoms with Gasteiger partial charge in [0.05, 0.1) is 5.52 Å². The van der Waals surface area contributed by atoms with E-state index in [4.69, 9.17) is 10.2 Å². The smallest absolute Gasteiger partial charge is 0.420 e. The molecule has 0 radical (unpaired) electrons. The zero-order chi connectivity index (χ0) is 15.4. The summed E-state index contributed by atoms with van der Waals surface area (Å²) >= 11 is 0. The topological polar surface area (TPSA) is 134 Å². The van der Waals surface area contributed by atoms with Crippen LogP contribution in [0.4, 0.5) is 4.79 Å². The Morgan fingerprint density at radius 3 is 2.71 bits per heavy atom. The van der Waals surface area contributed by atoms with E-state index >= 15 is 0 Å². The summed E-state index contributed by atoms with van der Waals surface area (Å²) in [4.78, 5) is 44.6. The van der Waals surface area contributed by atoms with Crippen LogP contribution >= 0.6 is 0 Å². The molecule has 3 N–H and O–H groups in total. The average molecular weight is 293 g/mol. The maximum Gasteiger partial charge on any atom is 0.420 e. The van der Waals surface area contributed by atoms with Crippen LogP contribution in [0.5, 0.6) is 0 Å². The third-order valence-corrected chi connectivity index (χ3v) is 2.49. The van der Waals surface area contributed by atoms with Crippen molar-refractivity contribution < 1.29 is 23.5 Å². The molecule has 0 aliphatic carbocycles. The van der Waals surface area contributed by atoms with Crippen LogP contribution in [0.15, 0.2) is 33.5 Å². The molecule has 1 aromatic carbocycles. The second-order valence-corrected chi connectivity index (χ2v) is 3.99. The van der Waals surface area contributed by atoms with Crippen molar-refractivity contribution in [1.82, 2.24) is 9.88 Å². The van der Waals surface area contributed by atoms with E-state index in [1.54, 1.807) is 29.6 Å². The summed E-state index contributed by atoms with van der Waals surface area (Å²) in [6.45, 7) is -1.09. The van der Waals surface area contributed by atoms with Crippen molar-refractivity contribution >= 4 is 29.0 Å². The van der Waals surface area contributed by atoms with Crippen molar-refractivity contribution in [3.8, 4) is 0 Å². The number of fused-ring (bicyclic) bond motifs is 1. The van der Waals surface area contributed by atoms with Gasteiger partial charge in [0.25, 0.3) is 5.91 Å². The molecule has 3 amide bonds. The summed E-state index contributed by atoms with van der Waals surface area (Å²) in [5.41, 5.74) is 5.49. The molecule has 0 atom stereocenters. The van der Waals surface area contributed by atoms with Crippen LogP contribution in [-0.2, 0) is 20.9 Å². The number of carbonyl (C=O) groups excluding carboxylic acids is 3. The number of hydrogen-bond acceptors (Lipinski definition) is 6. The lowest BCUT2D eigenvalue weighted by Crippen LogP contribution is -2.38. The van der Waals surface area contributed by atoms with Crippen molar-refractivity contribution in [3.63, 3.8) is 0 Å². The van der Waals surface area contributed by atoms with Gasteiger partial charge in [-0.3, -0.25) is 19.5 Å². The third kappa shape index (κ3) is 3.47. The van der Waals surface area contributed by atoms with Crippen LogP contribution in [0.25, 0.3) is 11.1 Å². The predicted molar refractivity (Wildman–Crippen MR) is 69.2 cm³/mol. The number of esters is 1. The van der Waals surface area contributed by atoms with Crippen LogP contribution in [0.3, 0.4) is 0 Å². The van der Waals surface area contributed by atoms with Crippen molar-refractivity contribution in [1.29, 1.82) is 0 Å². The van der Waals surface area contributed by atoms with Crippen molar-refractivity contribution in [3.05, 3.63) is 34.8 Å². The Morgan fingerprint density at radius 2 is 2.00 bits per heavy atom. The van der Waals surface area contributed by atoms with Crippen LogP contribution in [0, 0.1) is 0 Å². The van der Waals surface area contributed by atoms with Gasteiger partial charge in [-0.1, -0.05) is 12.1 Å². The SMILES string of the molecule is NC(=O)NC(=O)COC(=O)Cn1c(=O)oc2ccccc21. The van der Waals surface area contributed by atoms with Gasteiger partial charge in [0, 0.05) is 0 Å². The number of aromatic nitrogens is 1. The highest BCUT2D eigenvalue weighted by molar-refractivity contribution is 5.94. The van der Waals surface area contributed by atoms with Gasteiger partial charge in [0.2, 0.25) is 0 Å². The molecule has 1 heterocycles. The fourth-order valence-corrected chi connectivity index (χ4v) is 1.66. The fraction of sp³-hybridized carbons (Fsp3) is 0.167. The molecular weight excluding hydrogens is 282 g/mol. The molecule has 21 heavy (non-hydrogen) atoms. The number of nitrogens with zero attached hydrogens (tertiary/aromatic N) is 1. The number of amides is 3. The largest absolute Gasteiger partial charge is 0.454 e. The number of hydrogen-bond donors (Lipinski definition) is 2. The molecule has 9 heteroatoms. The van der Waals surface area contributed by atoms with Gasteiger partial charge >= 0.3 is 17.8 Å². The second kappa shape index (κ2) is 5.90. The van der Waals surface area contributed by atoms with Crippen LogP contribution < -0.4 is 16.8 Å². The van der Waals surface area contributed by atoms with Crippen molar-refractivity contribution in [2.75, 3.05) is 6.61 Å². The van der Waals surface area contributed by atoms with E-state index in [-0.39, 0.29) is 0 Å². The van der Waals surface area contributed by atoms with Gasteiger partial charge in [-0.15, -0.1) is 0 Å². The van der Waals surface area contributed by atoms with Gasteiger partial charge < -0.3 is 14.9 Å². The Balaban J connectivity index is 2.02. The number of nitrogens with two attached hydrogens (primary N) is 1. The Morgan fingerprint density at radius 1 is 1.29 bits per heavy atom. The highest BCUT2D eigenvalue weighted by atomic mass is 16.5. The van der Waals surface area contributed by atoms with Crippen LogP contribution in [0.2, 0.25) is 0 Å². The Kier molecular flexibility index (Phi) is 4.02. The number of para-hydroxylation sites is 2. The summed E-state index contributed by atoms with van der Waals surface area (Å²) in [5.74, 6) is -2.40. The molecule has 0 aliphatic heterocycles. The Bertz CT molecular complexity index is 760. The van der Waals surface area contributed by atoms with Crippen LogP contribution in [-0.4, -0.2) is 29.1 Å². The van der Waals surface area contributed by atoms with Crippen molar-refractivity contribution in [2.45, 2.75) is 6.54 Å². The maximum absolute atomic E-state index is 11.6.